The quantitative estimate of drug-likeness (QED) is 0.937. The predicted octanol–water partition coefficient (Wildman–Crippen LogP) is 2.61. The van der Waals surface area contributed by atoms with Crippen LogP contribution in [0.1, 0.15) is 11.1 Å². The summed E-state index contributed by atoms with van der Waals surface area (Å²) in [4.78, 5) is 1.88. The van der Waals surface area contributed by atoms with Crippen LogP contribution in [0.3, 0.4) is 0 Å². The molecule has 0 amide bonds. The molecule has 0 atom stereocenters. The molecule has 0 aliphatic heterocycles. The Kier molecular flexibility index (Phi) is 4.68. The van der Waals surface area contributed by atoms with Crippen molar-refractivity contribution in [3.8, 4) is 6.07 Å². The summed E-state index contributed by atoms with van der Waals surface area (Å²) in [5.41, 5.74) is 1.17. The van der Waals surface area contributed by atoms with Crippen LogP contribution >= 0.6 is 11.8 Å². The van der Waals surface area contributed by atoms with Gasteiger partial charge in [-0.2, -0.15) is 5.26 Å². The van der Waals surface area contributed by atoms with Crippen LogP contribution in [-0.2, 0) is 16.4 Å². The van der Waals surface area contributed by atoms with Gasteiger partial charge < -0.3 is 5.11 Å². The lowest BCUT2D eigenvalue weighted by molar-refractivity contribution is 0.281. The zero-order chi connectivity index (χ0) is 15.5. The summed E-state index contributed by atoms with van der Waals surface area (Å²) < 4.78 is 22.8. The highest BCUT2D eigenvalue weighted by molar-refractivity contribution is 7.99. The lowest BCUT2D eigenvalue weighted by Gasteiger charge is -2.06. The second kappa shape index (κ2) is 6.31. The Morgan fingerprint density at radius 2 is 1.86 bits per heavy atom. The van der Waals surface area contributed by atoms with Crippen molar-refractivity contribution in [1.29, 1.82) is 5.26 Å². The maximum Gasteiger partial charge on any atom is 0.175 e. The van der Waals surface area contributed by atoms with Gasteiger partial charge in [0, 0.05) is 16.0 Å². The number of hydrogen-bond acceptors (Lipinski definition) is 5. The highest BCUT2D eigenvalue weighted by Gasteiger charge is 2.09. The van der Waals surface area contributed by atoms with E-state index < -0.39 is 9.84 Å². The van der Waals surface area contributed by atoms with Crippen molar-refractivity contribution in [2.24, 2.45) is 0 Å². The second-order valence-corrected chi connectivity index (χ2v) is 7.58. The Labute approximate surface area is 128 Å². The van der Waals surface area contributed by atoms with E-state index in [9.17, 15) is 8.42 Å². The minimum Gasteiger partial charge on any atom is -0.392 e. The molecule has 2 aromatic carbocycles. The molecule has 0 aromatic heterocycles. The number of rotatable bonds is 4. The Hall–Kier alpha value is -1.81. The van der Waals surface area contributed by atoms with Crippen LogP contribution in [0.15, 0.2) is 57.2 Å². The van der Waals surface area contributed by atoms with Gasteiger partial charge in [-0.1, -0.05) is 17.8 Å². The molecule has 0 unspecified atom stereocenters. The topological polar surface area (TPSA) is 78.2 Å². The molecule has 21 heavy (non-hydrogen) atoms. The van der Waals surface area contributed by atoms with Gasteiger partial charge in [0.05, 0.1) is 17.1 Å². The SMILES string of the molecule is CS(=O)(=O)c1ccc(Sc2ccc(CO)cc2C#N)cc1. The van der Waals surface area contributed by atoms with Crippen molar-refractivity contribution in [3.63, 3.8) is 0 Å². The van der Waals surface area contributed by atoms with Crippen LogP contribution in [0.25, 0.3) is 0 Å². The summed E-state index contributed by atoms with van der Waals surface area (Å²) >= 11 is 1.38. The molecule has 0 saturated carbocycles. The minimum absolute atomic E-state index is 0.108. The van der Waals surface area contributed by atoms with Gasteiger partial charge in [-0.15, -0.1) is 0 Å². The first-order valence-electron chi connectivity index (χ1n) is 6.06. The molecule has 2 aromatic rings. The number of aliphatic hydroxyl groups is 1. The number of sulfone groups is 1. The average molecular weight is 319 g/mol. The molecule has 2 rings (SSSR count). The molecule has 0 aliphatic rings. The first kappa shape index (κ1) is 15.6. The van der Waals surface area contributed by atoms with Gasteiger partial charge in [-0.05, 0) is 42.0 Å². The Balaban J connectivity index is 2.29. The molecule has 0 bridgehead atoms. The van der Waals surface area contributed by atoms with Crippen molar-refractivity contribution in [1.82, 2.24) is 0 Å². The van der Waals surface area contributed by atoms with Gasteiger partial charge in [-0.3, -0.25) is 0 Å². The zero-order valence-corrected chi connectivity index (χ0v) is 12.9. The Bertz CT molecular complexity index is 791. The van der Waals surface area contributed by atoms with Crippen LogP contribution in [-0.4, -0.2) is 19.8 Å². The lowest BCUT2D eigenvalue weighted by Crippen LogP contribution is -1.96. The van der Waals surface area contributed by atoms with E-state index in [0.29, 0.717) is 11.1 Å². The molecule has 0 aliphatic carbocycles. The fourth-order valence-electron chi connectivity index (χ4n) is 1.73. The van der Waals surface area contributed by atoms with Gasteiger partial charge in [0.1, 0.15) is 6.07 Å². The third-order valence-electron chi connectivity index (χ3n) is 2.83. The van der Waals surface area contributed by atoms with Crippen LogP contribution < -0.4 is 0 Å². The van der Waals surface area contributed by atoms with Crippen molar-refractivity contribution in [3.05, 3.63) is 53.6 Å². The van der Waals surface area contributed by atoms with E-state index in [-0.39, 0.29) is 11.5 Å². The number of benzene rings is 2. The van der Waals surface area contributed by atoms with Crippen molar-refractivity contribution in [2.45, 2.75) is 21.3 Å². The largest absolute Gasteiger partial charge is 0.392 e. The van der Waals surface area contributed by atoms with Crippen LogP contribution in [0, 0.1) is 11.3 Å². The third-order valence-corrected chi connectivity index (χ3v) is 5.04. The van der Waals surface area contributed by atoms with E-state index in [0.717, 1.165) is 16.0 Å². The highest BCUT2D eigenvalue weighted by Crippen LogP contribution is 2.31. The van der Waals surface area contributed by atoms with E-state index >= 15 is 0 Å². The van der Waals surface area contributed by atoms with Crippen molar-refractivity contribution in [2.75, 3.05) is 6.26 Å². The first-order chi connectivity index (χ1) is 9.94. The van der Waals surface area contributed by atoms with E-state index in [4.69, 9.17) is 10.4 Å². The maximum atomic E-state index is 11.4. The number of hydrogen-bond donors (Lipinski definition) is 1. The minimum atomic E-state index is -3.20. The fourth-order valence-corrected chi connectivity index (χ4v) is 3.24. The molecule has 0 radical (unpaired) electrons. The molecule has 0 spiro atoms. The van der Waals surface area contributed by atoms with Gasteiger partial charge in [0.15, 0.2) is 9.84 Å². The first-order valence-corrected chi connectivity index (χ1v) is 8.76. The molecular weight excluding hydrogens is 306 g/mol. The van der Waals surface area contributed by atoms with Crippen molar-refractivity contribution < 1.29 is 13.5 Å². The van der Waals surface area contributed by atoms with Gasteiger partial charge in [0.25, 0.3) is 0 Å². The predicted molar refractivity (Wildman–Crippen MR) is 80.8 cm³/mol. The summed E-state index contributed by atoms with van der Waals surface area (Å²) in [7, 11) is -3.20. The monoisotopic (exact) mass is 319 g/mol. The Morgan fingerprint density at radius 1 is 1.19 bits per heavy atom. The lowest BCUT2D eigenvalue weighted by atomic mass is 10.1. The molecule has 108 valence electrons. The van der Waals surface area contributed by atoms with E-state index in [1.807, 2.05) is 0 Å². The summed E-state index contributed by atoms with van der Waals surface area (Å²) in [6, 6.07) is 13.8. The molecular formula is C15H13NO3S2. The van der Waals surface area contributed by atoms with Gasteiger partial charge in [-0.25, -0.2) is 8.42 Å². The van der Waals surface area contributed by atoms with Gasteiger partial charge >= 0.3 is 0 Å². The maximum absolute atomic E-state index is 11.4. The smallest absolute Gasteiger partial charge is 0.175 e. The highest BCUT2D eigenvalue weighted by atomic mass is 32.2. The standard InChI is InChI=1S/C15H13NO3S2/c1-21(18,19)14-5-3-13(4-6-14)20-15-7-2-11(10-17)8-12(15)9-16/h2-8,17H,10H2,1H3. The van der Waals surface area contributed by atoms with E-state index in [1.54, 1.807) is 42.5 Å². The van der Waals surface area contributed by atoms with Gasteiger partial charge in [0.2, 0.25) is 0 Å². The molecule has 1 N–H and O–H groups in total. The summed E-state index contributed by atoms with van der Waals surface area (Å²) in [6.45, 7) is -0.108. The normalized spacial score (nSPS) is 11.1. The summed E-state index contributed by atoms with van der Waals surface area (Å²) in [6.07, 6.45) is 1.16. The van der Waals surface area contributed by atoms with Crippen LogP contribution in [0.4, 0.5) is 0 Å². The number of nitrogens with zero attached hydrogens (tertiary/aromatic N) is 1. The number of nitriles is 1. The van der Waals surface area contributed by atoms with E-state index in [2.05, 4.69) is 6.07 Å². The molecule has 0 saturated heterocycles. The molecule has 6 heteroatoms. The summed E-state index contributed by atoms with van der Waals surface area (Å²) in [5, 5.41) is 18.2. The second-order valence-electron chi connectivity index (χ2n) is 4.45. The van der Waals surface area contributed by atoms with Crippen molar-refractivity contribution >= 4 is 21.6 Å². The average Bonchev–Trinajstić information content (AvgIpc) is 2.47. The summed E-state index contributed by atoms with van der Waals surface area (Å²) in [5.74, 6) is 0. The number of aliphatic hydroxyl groups excluding tert-OH is 1. The molecule has 4 nitrogen and oxygen atoms in total. The Morgan fingerprint density at radius 3 is 2.38 bits per heavy atom. The zero-order valence-electron chi connectivity index (χ0n) is 11.3. The fraction of sp³-hybridized carbons (Fsp3) is 0.133. The molecule has 0 heterocycles. The third kappa shape index (κ3) is 3.85. The van der Waals surface area contributed by atoms with Crippen LogP contribution in [0.5, 0.6) is 0 Å². The van der Waals surface area contributed by atoms with Crippen LogP contribution in [0.2, 0.25) is 0 Å². The molecule has 0 fully saturated rings. The van der Waals surface area contributed by atoms with E-state index in [1.165, 1.54) is 11.8 Å².